The summed E-state index contributed by atoms with van der Waals surface area (Å²) in [5.41, 5.74) is 5.73. The van der Waals surface area contributed by atoms with E-state index in [-0.39, 0.29) is 24.2 Å². The van der Waals surface area contributed by atoms with Gasteiger partial charge in [0.15, 0.2) is 0 Å². The Morgan fingerprint density at radius 3 is 2.44 bits per heavy atom. The molecule has 2 atom stereocenters. The molecule has 2 fully saturated rings. The lowest BCUT2D eigenvalue weighted by molar-refractivity contribution is -0.127. The molecule has 2 aliphatic rings. The smallest absolute Gasteiger partial charge is 0.223 e. The van der Waals surface area contributed by atoms with E-state index in [1.165, 1.54) is 19.3 Å². The van der Waals surface area contributed by atoms with E-state index in [1.807, 2.05) is 0 Å². The molecule has 1 amide bonds. The van der Waals surface area contributed by atoms with Crippen LogP contribution in [0.15, 0.2) is 0 Å². The highest BCUT2D eigenvalue weighted by atomic mass is 35.5. The quantitative estimate of drug-likeness (QED) is 0.831. The molecule has 3 nitrogen and oxygen atoms in total. The minimum atomic E-state index is 0. The summed E-state index contributed by atoms with van der Waals surface area (Å²) in [5, 5.41) is 3.25. The fraction of sp³-hybridized carbons (Fsp3) is 0.929. The normalized spacial score (nSPS) is 35.9. The topological polar surface area (TPSA) is 55.1 Å². The van der Waals surface area contributed by atoms with E-state index in [4.69, 9.17) is 5.73 Å². The number of halogens is 1. The third-order valence-electron chi connectivity index (χ3n) is 4.66. The number of carbonyl (C=O) groups is 1. The van der Waals surface area contributed by atoms with Crippen LogP contribution in [0.1, 0.15) is 51.9 Å². The lowest BCUT2D eigenvalue weighted by Gasteiger charge is -2.28. The van der Waals surface area contributed by atoms with Crippen LogP contribution in [-0.2, 0) is 4.79 Å². The largest absolute Gasteiger partial charge is 0.353 e. The van der Waals surface area contributed by atoms with Crippen LogP contribution in [0.3, 0.4) is 0 Å². The SMILES string of the molecule is CC1CCC(NC(=O)[C@@H]2CCC[C@@H]2CN)CC1.Cl. The molecular formula is C14H27ClN2O. The Hall–Kier alpha value is -0.280. The minimum absolute atomic E-state index is 0. The Labute approximate surface area is 117 Å². The monoisotopic (exact) mass is 274 g/mol. The van der Waals surface area contributed by atoms with E-state index in [0.29, 0.717) is 18.5 Å². The van der Waals surface area contributed by atoms with Crippen molar-refractivity contribution in [3.8, 4) is 0 Å². The van der Waals surface area contributed by atoms with Gasteiger partial charge in [-0.1, -0.05) is 13.3 Å². The maximum Gasteiger partial charge on any atom is 0.223 e. The summed E-state index contributed by atoms with van der Waals surface area (Å²) in [6.45, 7) is 2.97. The van der Waals surface area contributed by atoms with Gasteiger partial charge in [0, 0.05) is 12.0 Å². The standard InChI is InChI=1S/C14H26N2O.ClH/c1-10-5-7-12(8-6-10)16-14(17)13-4-2-3-11(13)9-15;/h10-13H,2-9,15H2,1H3,(H,16,17);1H/t10?,11-,12?,13-;/m1./s1. The van der Waals surface area contributed by atoms with Gasteiger partial charge >= 0.3 is 0 Å². The summed E-state index contributed by atoms with van der Waals surface area (Å²) in [6, 6.07) is 0.428. The first kappa shape index (κ1) is 15.8. The highest BCUT2D eigenvalue weighted by Gasteiger charge is 2.33. The van der Waals surface area contributed by atoms with Crippen molar-refractivity contribution in [2.75, 3.05) is 6.54 Å². The number of nitrogens with two attached hydrogens (primary N) is 1. The summed E-state index contributed by atoms with van der Waals surface area (Å²) in [6.07, 6.45) is 8.18. The van der Waals surface area contributed by atoms with Crippen molar-refractivity contribution in [2.24, 2.45) is 23.5 Å². The minimum Gasteiger partial charge on any atom is -0.353 e. The van der Waals surface area contributed by atoms with Crippen molar-refractivity contribution in [1.82, 2.24) is 5.32 Å². The van der Waals surface area contributed by atoms with Crippen LogP contribution in [0.5, 0.6) is 0 Å². The molecule has 2 rings (SSSR count). The van der Waals surface area contributed by atoms with Crippen LogP contribution in [0.4, 0.5) is 0 Å². The Morgan fingerprint density at radius 2 is 1.83 bits per heavy atom. The molecule has 0 bridgehead atoms. The lowest BCUT2D eigenvalue weighted by Crippen LogP contribution is -2.42. The molecular weight excluding hydrogens is 248 g/mol. The van der Waals surface area contributed by atoms with Crippen molar-refractivity contribution in [3.63, 3.8) is 0 Å². The number of amides is 1. The average molecular weight is 275 g/mol. The number of hydrogen-bond acceptors (Lipinski definition) is 2. The predicted molar refractivity (Wildman–Crippen MR) is 76.7 cm³/mol. The Kier molecular flexibility index (Phi) is 6.44. The van der Waals surface area contributed by atoms with Crippen LogP contribution < -0.4 is 11.1 Å². The molecule has 0 aromatic heterocycles. The Bertz CT molecular complexity index is 265. The molecule has 0 radical (unpaired) electrons. The first-order valence-electron chi connectivity index (χ1n) is 7.21. The molecule has 4 heteroatoms. The molecule has 0 spiro atoms. The summed E-state index contributed by atoms with van der Waals surface area (Å²) >= 11 is 0. The van der Waals surface area contributed by atoms with E-state index in [1.54, 1.807) is 0 Å². The molecule has 0 aliphatic heterocycles. The van der Waals surface area contributed by atoms with Crippen LogP contribution >= 0.6 is 12.4 Å². The van der Waals surface area contributed by atoms with Gasteiger partial charge in [0.2, 0.25) is 5.91 Å². The second kappa shape index (κ2) is 7.34. The summed E-state index contributed by atoms with van der Waals surface area (Å²) in [5.74, 6) is 1.74. The van der Waals surface area contributed by atoms with Crippen LogP contribution in [0, 0.1) is 17.8 Å². The molecule has 2 saturated carbocycles. The van der Waals surface area contributed by atoms with E-state index in [2.05, 4.69) is 12.2 Å². The Balaban J connectivity index is 0.00000162. The first-order valence-corrected chi connectivity index (χ1v) is 7.21. The van der Waals surface area contributed by atoms with E-state index >= 15 is 0 Å². The van der Waals surface area contributed by atoms with Crippen LogP contribution in [0.25, 0.3) is 0 Å². The molecule has 3 N–H and O–H groups in total. The number of carbonyl (C=O) groups excluding carboxylic acids is 1. The molecule has 0 unspecified atom stereocenters. The van der Waals surface area contributed by atoms with Gasteiger partial charge in [-0.3, -0.25) is 4.79 Å². The van der Waals surface area contributed by atoms with Crippen molar-refractivity contribution >= 4 is 18.3 Å². The third-order valence-corrected chi connectivity index (χ3v) is 4.66. The fourth-order valence-electron chi connectivity index (χ4n) is 3.38. The number of hydrogen-bond donors (Lipinski definition) is 2. The van der Waals surface area contributed by atoms with Gasteiger partial charge in [0.1, 0.15) is 0 Å². The predicted octanol–water partition coefficient (Wildman–Crippen LogP) is 2.48. The number of nitrogens with one attached hydrogen (secondary N) is 1. The molecule has 18 heavy (non-hydrogen) atoms. The molecule has 0 heterocycles. The van der Waals surface area contributed by atoms with Crippen LogP contribution in [0.2, 0.25) is 0 Å². The van der Waals surface area contributed by atoms with Gasteiger partial charge in [-0.2, -0.15) is 0 Å². The highest BCUT2D eigenvalue weighted by Crippen LogP contribution is 2.31. The second-order valence-electron chi connectivity index (χ2n) is 6.00. The van der Waals surface area contributed by atoms with Crippen molar-refractivity contribution < 1.29 is 4.79 Å². The summed E-state index contributed by atoms with van der Waals surface area (Å²) in [7, 11) is 0. The zero-order chi connectivity index (χ0) is 12.3. The van der Waals surface area contributed by atoms with Crippen molar-refractivity contribution in [1.29, 1.82) is 0 Å². The average Bonchev–Trinajstić information content (AvgIpc) is 2.80. The fourth-order valence-corrected chi connectivity index (χ4v) is 3.38. The Morgan fingerprint density at radius 1 is 1.17 bits per heavy atom. The van der Waals surface area contributed by atoms with Gasteiger partial charge in [0.25, 0.3) is 0 Å². The highest BCUT2D eigenvalue weighted by molar-refractivity contribution is 5.85. The van der Waals surface area contributed by atoms with E-state index in [0.717, 1.165) is 31.6 Å². The zero-order valence-corrected chi connectivity index (χ0v) is 12.2. The van der Waals surface area contributed by atoms with Gasteiger partial charge in [-0.25, -0.2) is 0 Å². The van der Waals surface area contributed by atoms with E-state index in [9.17, 15) is 4.79 Å². The van der Waals surface area contributed by atoms with Gasteiger partial charge in [-0.15, -0.1) is 12.4 Å². The molecule has 106 valence electrons. The third kappa shape index (κ3) is 3.86. The summed E-state index contributed by atoms with van der Waals surface area (Å²) < 4.78 is 0. The van der Waals surface area contributed by atoms with Gasteiger partial charge in [-0.05, 0) is 56.9 Å². The van der Waals surface area contributed by atoms with Crippen molar-refractivity contribution in [3.05, 3.63) is 0 Å². The van der Waals surface area contributed by atoms with Gasteiger partial charge < -0.3 is 11.1 Å². The molecule has 0 aromatic rings. The number of rotatable bonds is 3. The van der Waals surface area contributed by atoms with Gasteiger partial charge in [0.05, 0.1) is 0 Å². The molecule has 0 aromatic carbocycles. The van der Waals surface area contributed by atoms with Crippen LogP contribution in [-0.4, -0.2) is 18.5 Å². The van der Waals surface area contributed by atoms with Crippen molar-refractivity contribution in [2.45, 2.75) is 57.9 Å². The molecule has 0 saturated heterocycles. The maximum atomic E-state index is 12.2. The molecule has 2 aliphatic carbocycles. The van der Waals surface area contributed by atoms with E-state index < -0.39 is 0 Å². The second-order valence-corrected chi connectivity index (χ2v) is 6.00. The summed E-state index contributed by atoms with van der Waals surface area (Å²) in [4.78, 5) is 12.2. The zero-order valence-electron chi connectivity index (χ0n) is 11.4. The lowest BCUT2D eigenvalue weighted by atomic mass is 9.86. The maximum absolute atomic E-state index is 12.2. The first-order chi connectivity index (χ1) is 8.20.